The van der Waals surface area contributed by atoms with Crippen molar-refractivity contribution in [2.45, 2.75) is 83.3 Å². The Morgan fingerprint density at radius 3 is 2.69 bits per heavy atom. The lowest BCUT2D eigenvalue weighted by Crippen LogP contribution is -2.56. The van der Waals surface area contributed by atoms with Gasteiger partial charge in [-0.2, -0.15) is 0 Å². The van der Waals surface area contributed by atoms with E-state index in [-0.39, 0.29) is 30.9 Å². The van der Waals surface area contributed by atoms with E-state index in [1.807, 2.05) is 45.0 Å². The van der Waals surface area contributed by atoms with Crippen molar-refractivity contribution in [2.75, 3.05) is 33.0 Å². The van der Waals surface area contributed by atoms with Gasteiger partial charge in [0.1, 0.15) is 11.4 Å². The summed E-state index contributed by atoms with van der Waals surface area (Å²) in [5.41, 5.74) is 0.391. The molecule has 0 aromatic heterocycles. The molecule has 2 fully saturated rings. The molecule has 0 aliphatic carbocycles. The lowest BCUT2D eigenvalue weighted by molar-refractivity contribution is -0.145. The number of hydrogen-bond acceptors (Lipinski definition) is 8. The van der Waals surface area contributed by atoms with Crippen molar-refractivity contribution >= 4 is 12.1 Å². The standard InChI is InChI=1S/C26H40N2O7/c1-5-31-24(29)17-34-22-11-7-6-9-19(22)23-13-12-18(15-33-23)32-16-21-20(10-8-14-27-21)28-25(30)35-26(2,3)4/h6-7,9,11,18,20-21,23,27H,5,8,10,12-17H2,1-4H3,(H,28,30)/t18-,20?,21?,23-/m1/s1. The first-order valence-electron chi connectivity index (χ1n) is 12.6. The summed E-state index contributed by atoms with van der Waals surface area (Å²) < 4.78 is 28.4. The Balaban J connectivity index is 1.46. The second-order valence-corrected chi connectivity index (χ2v) is 9.94. The highest BCUT2D eigenvalue weighted by molar-refractivity contribution is 5.71. The molecule has 2 saturated heterocycles. The van der Waals surface area contributed by atoms with Gasteiger partial charge in [0.2, 0.25) is 0 Å². The van der Waals surface area contributed by atoms with Gasteiger partial charge in [0.05, 0.1) is 38.1 Å². The average molecular weight is 493 g/mol. The zero-order chi connectivity index (χ0) is 25.3. The van der Waals surface area contributed by atoms with E-state index in [4.69, 9.17) is 23.7 Å². The van der Waals surface area contributed by atoms with Crippen molar-refractivity contribution in [3.63, 3.8) is 0 Å². The Morgan fingerprint density at radius 1 is 1.17 bits per heavy atom. The van der Waals surface area contributed by atoms with Gasteiger partial charge in [0.15, 0.2) is 6.61 Å². The maximum absolute atomic E-state index is 12.2. The first-order chi connectivity index (χ1) is 16.7. The van der Waals surface area contributed by atoms with E-state index in [2.05, 4.69) is 10.6 Å². The number of hydrogen-bond donors (Lipinski definition) is 2. The molecule has 2 heterocycles. The Morgan fingerprint density at radius 2 is 1.97 bits per heavy atom. The molecule has 0 spiro atoms. The van der Waals surface area contributed by atoms with Crippen LogP contribution in [0.5, 0.6) is 5.75 Å². The number of carbonyl (C=O) groups excluding carboxylic acids is 2. The number of carbonyl (C=O) groups is 2. The summed E-state index contributed by atoms with van der Waals surface area (Å²) in [7, 11) is 0. The van der Waals surface area contributed by atoms with Gasteiger partial charge in [-0.15, -0.1) is 0 Å². The minimum Gasteiger partial charge on any atom is -0.482 e. The van der Waals surface area contributed by atoms with E-state index in [1.54, 1.807) is 6.92 Å². The van der Waals surface area contributed by atoms with Crippen molar-refractivity contribution in [2.24, 2.45) is 0 Å². The zero-order valence-electron chi connectivity index (χ0n) is 21.3. The van der Waals surface area contributed by atoms with Crippen LogP contribution in [0, 0.1) is 0 Å². The molecular formula is C26H40N2O7. The van der Waals surface area contributed by atoms with E-state index in [1.165, 1.54) is 0 Å². The topological polar surface area (TPSA) is 104 Å². The van der Waals surface area contributed by atoms with Crippen LogP contribution < -0.4 is 15.4 Å². The highest BCUT2D eigenvalue weighted by atomic mass is 16.6. The lowest BCUT2D eigenvalue weighted by Gasteiger charge is -2.36. The van der Waals surface area contributed by atoms with E-state index in [9.17, 15) is 9.59 Å². The SMILES string of the molecule is CCOC(=O)COc1ccccc1[C@H]1CC[C@@H](OCC2NCCCC2NC(=O)OC(C)(C)C)CO1. The molecule has 2 aliphatic rings. The molecule has 0 bridgehead atoms. The Labute approximate surface area is 208 Å². The summed E-state index contributed by atoms with van der Waals surface area (Å²) in [6.07, 6.45) is 2.95. The van der Waals surface area contributed by atoms with Crippen molar-refractivity contribution in [1.82, 2.24) is 10.6 Å². The van der Waals surface area contributed by atoms with Crippen LogP contribution in [0.3, 0.4) is 0 Å². The molecular weight excluding hydrogens is 452 g/mol. The fourth-order valence-corrected chi connectivity index (χ4v) is 4.32. The third-order valence-electron chi connectivity index (χ3n) is 5.95. The van der Waals surface area contributed by atoms with Gasteiger partial charge < -0.3 is 34.3 Å². The molecule has 1 amide bonds. The molecule has 4 atom stereocenters. The number of amides is 1. The molecule has 35 heavy (non-hydrogen) atoms. The molecule has 1 aromatic carbocycles. The smallest absolute Gasteiger partial charge is 0.407 e. The van der Waals surface area contributed by atoms with Gasteiger partial charge in [-0.3, -0.25) is 0 Å². The van der Waals surface area contributed by atoms with Gasteiger partial charge in [-0.05, 0) is 66.0 Å². The van der Waals surface area contributed by atoms with Crippen LogP contribution in [0.15, 0.2) is 24.3 Å². The lowest BCUT2D eigenvalue weighted by atomic mass is 9.98. The maximum Gasteiger partial charge on any atom is 0.407 e. The molecule has 3 rings (SSSR count). The van der Waals surface area contributed by atoms with Crippen LogP contribution in [0.25, 0.3) is 0 Å². The van der Waals surface area contributed by atoms with Crippen LogP contribution in [0.4, 0.5) is 4.79 Å². The predicted molar refractivity (Wildman–Crippen MR) is 130 cm³/mol. The first kappa shape index (κ1) is 27.2. The first-order valence-corrected chi connectivity index (χ1v) is 12.6. The van der Waals surface area contributed by atoms with Crippen molar-refractivity contribution in [1.29, 1.82) is 0 Å². The third kappa shape index (κ3) is 8.98. The van der Waals surface area contributed by atoms with Crippen molar-refractivity contribution < 1.29 is 33.3 Å². The number of rotatable bonds is 9. The number of ether oxygens (including phenoxy) is 5. The van der Waals surface area contributed by atoms with Crippen LogP contribution in [0.2, 0.25) is 0 Å². The number of alkyl carbamates (subject to hydrolysis) is 1. The summed E-state index contributed by atoms with van der Waals surface area (Å²) in [5, 5.41) is 6.45. The molecule has 196 valence electrons. The van der Waals surface area contributed by atoms with Crippen LogP contribution in [-0.4, -0.2) is 68.8 Å². The minimum atomic E-state index is -0.531. The second kappa shape index (κ2) is 13.1. The fraction of sp³-hybridized carbons (Fsp3) is 0.692. The Bertz CT molecular complexity index is 818. The molecule has 2 aliphatic heterocycles. The summed E-state index contributed by atoms with van der Waals surface area (Å²) in [4.78, 5) is 23.9. The number of para-hydroxylation sites is 1. The normalized spacial score (nSPS) is 24.9. The van der Waals surface area contributed by atoms with E-state index in [0.717, 1.165) is 37.8 Å². The minimum absolute atomic E-state index is 0.0194. The Kier molecular flexibility index (Phi) is 10.2. The van der Waals surface area contributed by atoms with Crippen molar-refractivity contribution in [3.8, 4) is 5.75 Å². The highest BCUT2D eigenvalue weighted by Crippen LogP contribution is 2.34. The largest absolute Gasteiger partial charge is 0.482 e. The molecule has 9 nitrogen and oxygen atoms in total. The number of nitrogens with one attached hydrogen (secondary N) is 2. The van der Waals surface area contributed by atoms with Gasteiger partial charge in [-0.1, -0.05) is 18.2 Å². The zero-order valence-corrected chi connectivity index (χ0v) is 21.3. The maximum atomic E-state index is 12.2. The summed E-state index contributed by atoms with van der Waals surface area (Å²) >= 11 is 0. The second-order valence-electron chi connectivity index (χ2n) is 9.94. The van der Waals surface area contributed by atoms with E-state index < -0.39 is 17.7 Å². The summed E-state index contributed by atoms with van der Waals surface area (Å²) in [6, 6.07) is 7.59. The molecule has 0 saturated carbocycles. The summed E-state index contributed by atoms with van der Waals surface area (Å²) in [6.45, 7) is 9.37. The van der Waals surface area contributed by atoms with Crippen LogP contribution in [0.1, 0.15) is 65.0 Å². The fourth-order valence-electron chi connectivity index (χ4n) is 4.32. The monoisotopic (exact) mass is 492 g/mol. The number of piperidine rings is 1. The number of benzene rings is 1. The molecule has 0 radical (unpaired) electrons. The predicted octanol–water partition coefficient (Wildman–Crippen LogP) is 3.51. The highest BCUT2D eigenvalue weighted by Gasteiger charge is 2.31. The molecule has 2 N–H and O–H groups in total. The third-order valence-corrected chi connectivity index (χ3v) is 5.95. The van der Waals surface area contributed by atoms with E-state index >= 15 is 0 Å². The van der Waals surface area contributed by atoms with Gasteiger partial charge >= 0.3 is 12.1 Å². The van der Waals surface area contributed by atoms with E-state index in [0.29, 0.717) is 25.6 Å². The quantitative estimate of drug-likeness (QED) is 0.505. The summed E-state index contributed by atoms with van der Waals surface area (Å²) in [5.74, 6) is 0.239. The molecule has 2 unspecified atom stereocenters. The average Bonchev–Trinajstić information content (AvgIpc) is 2.82. The number of esters is 1. The van der Waals surface area contributed by atoms with Crippen LogP contribution >= 0.6 is 0 Å². The van der Waals surface area contributed by atoms with Gasteiger partial charge in [-0.25, -0.2) is 9.59 Å². The van der Waals surface area contributed by atoms with Gasteiger partial charge in [0, 0.05) is 11.6 Å². The molecule has 9 heteroatoms. The van der Waals surface area contributed by atoms with Crippen LogP contribution in [-0.2, 0) is 23.7 Å². The van der Waals surface area contributed by atoms with Gasteiger partial charge in [0.25, 0.3) is 0 Å². The molecule has 1 aromatic rings. The van der Waals surface area contributed by atoms with Crippen molar-refractivity contribution in [3.05, 3.63) is 29.8 Å². The Hall–Kier alpha value is -2.36.